The summed E-state index contributed by atoms with van der Waals surface area (Å²) in [6.45, 7) is 8.44. The van der Waals surface area contributed by atoms with Gasteiger partial charge in [-0.05, 0) is 26.9 Å². The molecule has 1 aromatic heterocycles. The summed E-state index contributed by atoms with van der Waals surface area (Å²) in [5.41, 5.74) is 0.971. The standard InChI is InChI=1S/C15H23N5S/c1-13-12-21-15(18-13)14(10-16)11-17-4-3-5-20-8-6-19(2)7-9-20/h11-12,14H,3-9H2,1-2H3/t14-/m1/s1. The predicted octanol–water partition coefficient (Wildman–Crippen LogP) is 1.77. The molecule has 0 N–H and O–H groups in total. The highest BCUT2D eigenvalue weighted by Crippen LogP contribution is 2.17. The van der Waals surface area contributed by atoms with E-state index in [1.54, 1.807) is 6.21 Å². The molecular weight excluding hydrogens is 282 g/mol. The topological polar surface area (TPSA) is 55.5 Å². The number of hydrogen-bond acceptors (Lipinski definition) is 6. The van der Waals surface area contributed by atoms with Gasteiger partial charge >= 0.3 is 0 Å². The van der Waals surface area contributed by atoms with Gasteiger partial charge in [-0.1, -0.05) is 0 Å². The van der Waals surface area contributed by atoms with E-state index in [2.05, 4.69) is 32.9 Å². The lowest BCUT2D eigenvalue weighted by Crippen LogP contribution is -2.44. The minimum absolute atomic E-state index is 0.299. The summed E-state index contributed by atoms with van der Waals surface area (Å²) in [6, 6.07) is 2.26. The van der Waals surface area contributed by atoms with Crippen LogP contribution in [0.25, 0.3) is 0 Å². The van der Waals surface area contributed by atoms with E-state index in [0.717, 1.165) is 56.4 Å². The lowest BCUT2D eigenvalue weighted by atomic mass is 10.2. The predicted molar refractivity (Wildman–Crippen MR) is 87.1 cm³/mol. The van der Waals surface area contributed by atoms with Crippen molar-refractivity contribution in [1.29, 1.82) is 5.26 Å². The van der Waals surface area contributed by atoms with Gasteiger partial charge in [-0.15, -0.1) is 11.3 Å². The molecule has 0 saturated carbocycles. The van der Waals surface area contributed by atoms with Crippen LogP contribution in [0.2, 0.25) is 0 Å². The minimum Gasteiger partial charge on any atom is -0.304 e. The zero-order valence-electron chi connectivity index (χ0n) is 12.8. The normalized spacial score (nSPS) is 18.9. The number of nitriles is 1. The number of nitrogens with zero attached hydrogens (tertiary/aromatic N) is 5. The Morgan fingerprint density at radius 2 is 2.24 bits per heavy atom. The molecule has 1 atom stereocenters. The number of aliphatic imine (C=N–C) groups is 1. The van der Waals surface area contributed by atoms with Crippen molar-refractivity contribution in [2.75, 3.05) is 46.3 Å². The van der Waals surface area contributed by atoms with E-state index in [1.165, 1.54) is 11.3 Å². The molecule has 0 amide bonds. The molecule has 2 rings (SSSR count). The largest absolute Gasteiger partial charge is 0.304 e. The highest BCUT2D eigenvalue weighted by molar-refractivity contribution is 7.09. The Bertz CT molecular complexity index is 496. The Morgan fingerprint density at radius 1 is 1.48 bits per heavy atom. The Labute approximate surface area is 130 Å². The van der Waals surface area contributed by atoms with Crippen LogP contribution in [0.4, 0.5) is 0 Å². The van der Waals surface area contributed by atoms with Crippen molar-refractivity contribution in [3.63, 3.8) is 0 Å². The molecular formula is C15H23N5S. The number of hydrogen-bond donors (Lipinski definition) is 0. The van der Waals surface area contributed by atoms with E-state index in [-0.39, 0.29) is 5.92 Å². The molecule has 1 saturated heterocycles. The highest BCUT2D eigenvalue weighted by atomic mass is 32.1. The molecule has 6 heteroatoms. The first-order chi connectivity index (χ1) is 10.2. The van der Waals surface area contributed by atoms with Crippen LogP contribution in [-0.4, -0.2) is 67.3 Å². The Morgan fingerprint density at radius 3 is 2.86 bits per heavy atom. The fourth-order valence-electron chi connectivity index (χ4n) is 2.30. The maximum Gasteiger partial charge on any atom is 0.133 e. The fraction of sp³-hybridized carbons (Fsp3) is 0.667. The van der Waals surface area contributed by atoms with Gasteiger partial charge in [-0.3, -0.25) is 4.99 Å². The van der Waals surface area contributed by atoms with Crippen molar-refractivity contribution in [2.24, 2.45) is 4.99 Å². The molecule has 1 aliphatic heterocycles. The number of aryl methyl sites for hydroxylation is 1. The first kappa shape index (κ1) is 16.1. The molecule has 114 valence electrons. The number of piperazine rings is 1. The smallest absolute Gasteiger partial charge is 0.133 e. The van der Waals surface area contributed by atoms with Gasteiger partial charge in [0.1, 0.15) is 10.9 Å². The summed E-state index contributed by atoms with van der Waals surface area (Å²) in [7, 11) is 2.17. The van der Waals surface area contributed by atoms with Gasteiger partial charge in [0.25, 0.3) is 0 Å². The van der Waals surface area contributed by atoms with Gasteiger partial charge in [-0.2, -0.15) is 5.26 Å². The average Bonchev–Trinajstić information content (AvgIpc) is 2.91. The van der Waals surface area contributed by atoms with Crippen molar-refractivity contribution in [3.05, 3.63) is 16.1 Å². The lowest BCUT2D eigenvalue weighted by molar-refractivity contribution is 0.153. The summed E-state index contributed by atoms with van der Waals surface area (Å²) in [4.78, 5) is 13.6. The van der Waals surface area contributed by atoms with Crippen LogP contribution >= 0.6 is 11.3 Å². The van der Waals surface area contributed by atoms with E-state index in [4.69, 9.17) is 0 Å². The summed E-state index contributed by atoms with van der Waals surface area (Å²) in [5.74, 6) is -0.299. The van der Waals surface area contributed by atoms with Crippen LogP contribution in [0.15, 0.2) is 10.4 Å². The van der Waals surface area contributed by atoms with Crippen molar-refractivity contribution < 1.29 is 0 Å². The summed E-state index contributed by atoms with van der Waals surface area (Å²) in [5, 5.41) is 12.0. The fourth-order valence-corrected chi connectivity index (χ4v) is 3.11. The van der Waals surface area contributed by atoms with E-state index in [1.807, 2.05) is 12.3 Å². The maximum absolute atomic E-state index is 9.19. The van der Waals surface area contributed by atoms with Crippen LogP contribution in [-0.2, 0) is 0 Å². The lowest BCUT2D eigenvalue weighted by Gasteiger charge is -2.32. The minimum atomic E-state index is -0.299. The molecule has 5 nitrogen and oxygen atoms in total. The molecule has 21 heavy (non-hydrogen) atoms. The maximum atomic E-state index is 9.19. The van der Waals surface area contributed by atoms with E-state index >= 15 is 0 Å². The van der Waals surface area contributed by atoms with E-state index < -0.39 is 0 Å². The second-order valence-corrected chi connectivity index (χ2v) is 6.38. The Kier molecular flexibility index (Phi) is 6.30. The van der Waals surface area contributed by atoms with Crippen LogP contribution in [0.3, 0.4) is 0 Å². The molecule has 0 aliphatic carbocycles. The molecule has 0 spiro atoms. The first-order valence-electron chi connectivity index (χ1n) is 7.41. The van der Waals surface area contributed by atoms with E-state index in [0.29, 0.717) is 0 Å². The summed E-state index contributed by atoms with van der Waals surface area (Å²) < 4.78 is 0. The van der Waals surface area contributed by atoms with Gasteiger partial charge in [0, 0.05) is 50.0 Å². The highest BCUT2D eigenvalue weighted by Gasteiger charge is 2.13. The molecule has 1 aliphatic rings. The van der Waals surface area contributed by atoms with Gasteiger partial charge in [0.2, 0.25) is 0 Å². The van der Waals surface area contributed by atoms with Crippen LogP contribution in [0.1, 0.15) is 23.0 Å². The van der Waals surface area contributed by atoms with Crippen LogP contribution in [0, 0.1) is 18.3 Å². The van der Waals surface area contributed by atoms with Crippen molar-refractivity contribution in [1.82, 2.24) is 14.8 Å². The SMILES string of the molecule is Cc1csc([C@H](C#N)C=NCCCN2CCN(C)CC2)n1. The molecule has 1 aromatic rings. The molecule has 0 bridgehead atoms. The third kappa shape index (κ3) is 5.20. The van der Waals surface area contributed by atoms with Gasteiger partial charge in [0.05, 0.1) is 6.07 Å². The molecule has 0 aromatic carbocycles. The zero-order valence-corrected chi connectivity index (χ0v) is 13.6. The monoisotopic (exact) mass is 305 g/mol. The van der Waals surface area contributed by atoms with E-state index in [9.17, 15) is 5.26 Å². The molecule has 0 unspecified atom stereocenters. The average molecular weight is 305 g/mol. The molecule has 0 radical (unpaired) electrons. The van der Waals surface area contributed by atoms with Crippen molar-refractivity contribution in [2.45, 2.75) is 19.3 Å². The number of likely N-dealkylation sites (N-methyl/N-ethyl adjacent to an activating group) is 1. The third-order valence-corrected chi connectivity index (χ3v) is 4.70. The quantitative estimate of drug-likeness (QED) is 0.594. The number of thiazole rings is 1. The van der Waals surface area contributed by atoms with Crippen LogP contribution < -0.4 is 0 Å². The second-order valence-electron chi connectivity index (χ2n) is 5.49. The summed E-state index contributed by atoms with van der Waals surface area (Å²) >= 11 is 1.53. The third-order valence-electron chi connectivity index (χ3n) is 3.65. The van der Waals surface area contributed by atoms with Gasteiger partial charge < -0.3 is 9.80 Å². The molecule has 1 fully saturated rings. The summed E-state index contributed by atoms with van der Waals surface area (Å²) in [6.07, 6.45) is 2.80. The zero-order chi connectivity index (χ0) is 15.1. The van der Waals surface area contributed by atoms with Gasteiger partial charge in [-0.25, -0.2) is 4.98 Å². The second kappa shape index (κ2) is 8.23. The van der Waals surface area contributed by atoms with Crippen LogP contribution in [0.5, 0.6) is 0 Å². The Balaban J connectivity index is 1.68. The van der Waals surface area contributed by atoms with Crippen molar-refractivity contribution >= 4 is 17.6 Å². The molecule has 2 heterocycles. The van der Waals surface area contributed by atoms with Gasteiger partial charge in [0.15, 0.2) is 0 Å². The number of aromatic nitrogens is 1. The first-order valence-corrected chi connectivity index (χ1v) is 8.29. The van der Waals surface area contributed by atoms with Crippen molar-refractivity contribution in [3.8, 4) is 6.07 Å². The number of rotatable bonds is 6. The Hall–Kier alpha value is -1.29.